The number of anilines is 1. The highest BCUT2D eigenvalue weighted by molar-refractivity contribution is 5.94. The quantitative estimate of drug-likeness (QED) is 0.673. The van der Waals surface area contributed by atoms with E-state index in [0.29, 0.717) is 18.7 Å². The highest BCUT2D eigenvalue weighted by Gasteiger charge is 2.23. The minimum atomic E-state index is -0.261. The zero-order valence-corrected chi connectivity index (χ0v) is 9.49. The van der Waals surface area contributed by atoms with Crippen LogP contribution in [-0.2, 0) is 4.79 Å². The summed E-state index contributed by atoms with van der Waals surface area (Å²) in [6.45, 7) is 0.482. The number of carbonyl (C=O) groups excluding carboxylic acids is 2. The summed E-state index contributed by atoms with van der Waals surface area (Å²) < 4.78 is 0. The van der Waals surface area contributed by atoms with Gasteiger partial charge in [-0.3, -0.25) is 14.6 Å². The van der Waals surface area contributed by atoms with Gasteiger partial charge in [-0.15, -0.1) is 0 Å². The fraction of sp³-hybridized carbons (Fsp3) is 0.364. The highest BCUT2D eigenvalue weighted by Crippen LogP contribution is 2.07. The van der Waals surface area contributed by atoms with Gasteiger partial charge in [0.25, 0.3) is 5.91 Å². The van der Waals surface area contributed by atoms with Crippen molar-refractivity contribution in [3.8, 4) is 0 Å². The molecule has 17 heavy (non-hydrogen) atoms. The maximum Gasteiger partial charge on any atom is 0.270 e. The molecule has 1 aromatic rings. The molecule has 90 valence electrons. The van der Waals surface area contributed by atoms with Crippen molar-refractivity contribution in [1.82, 2.24) is 15.6 Å². The fourth-order valence-corrected chi connectivity index (χ4v) is 1.68. The molecule has 1 fully saturated rings. The lowest BCUT2D eigenvalue weighted by Gasteiger charge is -2.10. The van der Waals surface area contributed by atoms with Crippen LogP contribution < -0.4 is 16.0 Å². The SMILES string of the molecule is CNc1ccnc(C(=O)NC2CNC(=O)C2)c1. The van der Waals surface area contributed by atoms with Crippen molar-refractivity contribution in [2.24, 2.45) is 0 Å². The van der Waals surface area contributed by atoms with E-state index in [1.807, 2.05) is 0 Å². The molecule has 0 saturated carbocycles. The van der Waals surface area contributed by atoms with Gasteiger partial charge in [-0.1, -0.05) is 0 Å². The molecule has 3 N–H and O–H groups in total. The lowest BCUT2D eigenvalue weighted by molar-refractivity contribution is -0.119. The average molecular weight is 234 g/mol. The predicted molar refractivity (Wildman–Crippen MR) is 62.7 cm³/mol. The van der Waals surface area contributed by atoms with E-state index in [9.17, 15) is 9.59 Å². The summed E-state index contributed by atoms with van der Waals surface area (Å²) in [6.07, 6.45) is 1.90. The Labute approximate surface area is 98.8 Å². The summed E-state index contributed by atoms with van der Waals surface area (Å²) in [6, 6.07) is 3.30. The van der Waals surface area contributed by atoms with Gasteiger partial charge in [0.2, 0.25) is 5.91 Å². The molecule has 0 radical (unpaired) electrons. The second-order valence-corrected chi connectivity index (χ2v) is 3.86. The fourth-order valence-electron chi connectivity index (χ4n) is 1.68. The third-order valence-corrected chi connectivity index (χ3v) is 2.59. The molecular formula is C11H14N4O2. The van der Waals surface area contributed by atoms with E-state index >= 15 is 0 Å². The second-order valence-electron chi connectivity index (χ2n) is 3.86. The lowest BCUT2D eigenvalue weighted by Crippen LogP contribution is -2.36. The Morgan fingerprint density at radius 2 is 2.41 bits per heavy atom. The number of aromatic nitrogens is 1. The van der Waals surface area contributed by atoms with Crippen molar-refractivity contribution in [3.05, 3.63) is 24.0 Å². The molecule has 1 saturated heterocycles. The first-order valence-electron chi connectivity index (χ1n) is 5.40. The summed E-state index contributed by atoms with van der Waals surface area (Å²) in [5.41, 5.74) is 1.17. The Morgan fingerprint density at radius 1 is 1.59 bits per heavy atom. The van der Waals surface area contributed by atoms with E-state index in [2.05, 4.69) is 20.9 Å². The van der Waals surface area contributed by atoms with E-state index in [4.69, 9.17) is 0 Å². The number of carbonyl (C=O) groups is 2. The zero-order valence-electron chi connectivity index (χ0n) is 9.49. The van der Waals surface area contributed by atoms with Crippen LogP contribution in [0.4, 0.5) is 5.69 Å². The molecule has 0 aliphatic carbocycles. The van der Waals surface area contributed by atoms with Crippen molar-refractivity contribution < 1.29 is 9.59 Å². The predicted octanol–water partition coefficient (Wildman–Crippen LogP) is -0.258. The molecule has 2 rings (SSSR count). The number of hydrogen-bond donors (Lipinski definition) is 3. The largest absolute Gasteiger partial charge is 0.388 e. The normalized spacial score (nSPS) is 18.6. The third kappa shape index (κ3) is 2.72. The number of nitrogens with one attached hydrogen (secondary N) is 3. The van der Waals surface area contributed by atoms with Gasteiger partial charge in [-0.05, 0) is 12.1 Å². The van der Waals surface area contributed by atoms with Crippen LogP contribution in [0.3, 0.4) is 0 Å². The van der Waals surface area contributed by atoms with Gasteiger partial charge in [0.15, 0.2) is 0 Å². The van der Waals surface area contributed by atoms with Crippen LogP contribution in [0.25, 0.3) is 0 Å². The number of nitrogens with zero attached hydrogens (tertiary/aromatic N) is 1. The van der Waals surface area contributed by atoms with Gasteiger partial charge in [0, 0.05) is 31.9 Å². The summed E-state index contributed by atoms with van der Waals surface area (Å²) in [5, 5.41) is 8.36. The number of amides is 2. The Balaban J connectivity index is 2.01. The molecule has 1 unspecified atom stereocenters. The molecule has 1 aliphatic rings. The summed E-state index contributed by atoms with van der Waals surface area (Å²) in [5.74, 6) is -0.296. The van der Waals surface area contributed by atoms with Crippen LogP contribution in [0.1, 0.15) is 16.9 Å². The second kappa shape index (κ2) is 4.82. The van der Waals surface area contributed by atoms with Gasteiger partial charge in [0.1, 0.15) is 5.69 Å². The topological polar surface area (TPSA) is 83.1 Å². The van der Waals surface area contributed by atoms with E-state index in [1.165, 1.54) is 0 Å². The maximum absolute atomic E-state index is 11.8. The zero-order chi connectivity index (χ0) is 12.3. The monoisotopic (exact) mass is 234 g/mol. The van der Waals surface area contributed by atoms with Crippen molar-refractivity contribution >= 4 is 17.5 Å². The first-order valence-corrected chi connectivity index (χ1v) is 5.40. The molecule has 6 nitrogen and oxygen atoms in total. The highest BCUT2D eigenvalue weighted by atomic mass is 16.2. The minimum Gasteiger partial charge on any atom is -0.388 e. The molecule has 2 heterocycles. The Morgan fingerprint density at radius 3 is 3.06 bits per heavy atom. The molecule has 1 aromatic heterocycles. The van der Waals surface area contributed by atoms with Crippen LogP contribution in [0.5, 0.6) is 0 Å². The first-order chi connectivity index (χ1) is 8.19. The molecule has 2 amide bonds. The van der Waals surface area contributed by atoms with Gasteiger partial charge in [-0.25, -0.2) is 0 Å². The molecule has 1 atom stereocenters. The van der Waals surface area contributed by atoms with Crippen molar-refractivity contribution in [2.45, 2.75) is 12.5 Å². The molecular weight excluding hydrogens is 220 g/mol. The first kappa shape index (κ1) is 11.4. The molecule has 0 aromatic carbocycles. The number of hydrogen-bond acceptors (Lipinski definition) is 4. The van der Waals surface area contributed by atoms with E-state index in [1.54, 1.807) is 25.4 Å². The van der Waals surface area contributed by atoms with Gasteiger partial charge in [-0.2, -0.15) is 0 Å². The Hall–Kier alpha value is -2.11. The summed E-state index contributed by atoms with van der Waals surface area (Å²) in [4.78, 5) is 26.8. The van der Waals surface area contributed by atoms with E-state index in [0.717, 1.165) is 5.69 Å². The standard InChI is InChI=1S/C11H14N4O2/c1-12-7-2-3-13-9(4-7)11(17)15-8-5-10(16)14-6-8/h2-4,8H,5-6H2,1H3,(H,12,13)(H,14,16)(H,15,17). The minimum absolute atomic E-state index is 0.0350. The molecule has 0 bridgehead atoms. The molecule has 0 spiro atoms. The van der Waals surface area contributed by atoms with Gasteiger partial charge < -0.3 is 16.0 Å². The van der Waals surface area contributed by atoms with Crippen molar-refractivity contribution in [2.75, 3.05) is 18.9 Å². The van der Waals surface area contributed by atoms with Crippen LogP contribution in [0.2, 0.25) is 0 Å². The molecule has 6 heteroatoms. The molecule has 1 aliphatic heterocycles. The maximum atomic E-state index is 11.8. The smallest absolute Gasteiger partial charge is 0.270 e. The number of rotatable bonds is 3. The van der Waals surface area contributed by atoms with Gasteiger partial charge >= 0.3 is 0 Å². The van der Waals surface area contributed by atoms with E-state index < -0.39 is 0 Å². The van der Waals surface area contributed by atoms with Crippen molar-refractivity contribution in [3.63, 3.8) is 0 Å². The van der Waals surface area contributed by atoms with Crippen LogP contribution in [-0.4, -0.2) is 36.4 Å². The van der Waals surface area contributed by atoms with Crippen molar-refractivity contribution in [1.29, 1.82) is 0 Å². The summed E-state index contributed by atoms with van der Waals surface area (Å²) >= 11 is 0. The Kier molecular flexibility index (Phi) is 3.22. The van der Waals surface area contributed by atoms with E-state index in [-0.39, 0.29) is 17.9 Å². The Bertz CT molecular complexity index is 447. The number of pyridine rings is 1. The average Bonchev–Trinajstić information content (AvgIpc) is 2.75. The van der Waals surface area contributed by atoms with Gasteiger partial charge in [0.05, 0.1) is 6.04 Å². The van der Waals surface area contributed by atoms with Crippen LogP contribution in [0, 0.1) is 0 Å². The third-order valence-electron chi connectivity index (χ3n) is 2.59. The van der Waals surface area contributed by atoms with Crippen LogP contribution in [0.15, 0.2) is 18.3 Å². The van der Waals surface area contributed by atoms with Crippen LogP contribution >= 0.6 is 0 Å². The summed E-state index contributed by atoms with van der Waals surface area (Å²) in [7, 11) is 1.77. The lowest BCUT2D eigenvalue weighted by atomic mass is 10.2.